The minimum absolute atomic E-state index is 0.579. The second kappa shape index (κ2) is 3.12. The molecule has 1 nitrogen and oxygen atoms in total. The molecule has 0 heterocycles. The van der Waals surface area contributed by atoms with Crippen molar-refractivity contribution >= 4 is 31.5 Å². The van der Waals surface area contributed by atoms with Crippen molar-refractivity contribution in [2.45, 2.75) is 9.79 Å². The number of carbonyl (C=O) groups is 1. The Hall–Kier alpha value is -0.410. The van der Waals surface area contributed by atoms with Crippen molar-refractivity contribution in [3.8, 4) is 0 Å². The minimum atomic E-state index is 0.579. The van der Waals surface area contributed by atoms with Gasteiger partial charge in [0.05, 0.1) is 0 Å². The number of benzene rings is 1. The highest BCUT2D eigenvalue weighted by Crippen LogP contribution is 2.20. The van der Waals surface area contributed by atoms with Gasteiger partial charge in [-0.1, -0.05) is 12.1 Å². The summed E-state index contributed by atoms with van der Waals surface area (Å²) in [6, 6.07) is 5.26. The van der Waals surface area contributed by atoms with Gasteiger partial charge in [0.2, 0.25) is 0 Å². The lowest BCUT2D eigenvalue weighted by Gasteiger charge is -1.98. The van der Waals surface area contributed by atoms with Gasteiger partial charge in [-0.25, -0.2) is 0 Å². The highest BCUT2D eigenvalue weighted by molar-refractivity contribution is 7.83. The first kappa shape index (κ1) is 7.69. The van der Waals surface area contributed by atoms with E-state index in [9.17, 15) is 4.79 Å². The van der Waals surface area contributed by atoms with Crippen molar-refractivity contribution in [2.24, 2.45) is 0 Å². The Bertz CT molecular complexity index is 258. The molecule has 0 spiro atoms. The fourth-order valence-corrected chi connectivity index (χ4v) is 1.06. The molecule has 0 aliphatic heterocycles. The molecule has 10 heavy (non-hydrogen) atoms. The topological polar surface area (TPSA) is 17.1 Å². The third kappa shape index (κ3) is 1.36. The number of rotatable bonds is 1. The first-order valence-electron chi connectivity index (χ1n) is 2.72. The van der Waals surface area contributed by atoms with E-state index in [-0.39, 0.29) is 0 Å². The van der Waals surface area contributed by atoms with Crippen LogP contribution in [0.25, 0.3) is 0 Å². The number of thiol groups is 2. The van der Waals surface area contributed by atoms with Crippen LogP contribution >= 0.6 is 25.3 Å². The Morgan fingerprint density at radius 1 is 1.30 bits per heavy atom. The summed E-state index contributed by atoms with van der Waals surface area (Å²) in [7, 11) is 0. The Morgan fingerprint density at radius 3 is 2.50 bits per heavy atom. The van der Waals surface area contributed by atoms with E-state index in [1.165, 1.54) is 0 Å². The van der Waals surface area contributed by atoms with E-state index in [0.717, 1.165) is 11.2 Å². The lowest BCUT2D eigenvalue weighted by molar-refractivity contribution is 0.112. The Kier molecular flexibility index (Phi) is 2.40. The molecule has 52 valence electrons. The second-order valence-electron chi connectivity index (χ2n) is 1.83. The molecule has 0 amide bonds. The van der Waals surface area contributed by atoms with Crippen LogP contribution in [-0.2, 0) is 0 Å². The van der Waals surface area contributed by atoms with Crippen LogP contribution in [0.2, 0.25) is 0 Å². The van der Waals surface area contributed by atoms with Gasteiger partial charge in [-0.3, -0.25) is 4.79 Å². The lowest BCUT2D eigenvalue weighted by atomic mass is 10.2. The smallest absolute Gasteiger partial charge is 0.151 e. The number of hydrogen-bond donors (Lipinski definition) is 2. The molecule has 0 aliphatic rings. The summed E-state index contributed by atoms with van der Waals surface area (Å²) in [5.74, 6) is 0. The minimum Gasteiger partial charge on any atom is -0.298 e. The molecule has 0 radical (unpaired) electrons. The molecule has 0 fully saturated rings. The molecular weight excluding hydrogens is 164 g/mol. The zero-order valence-electron chi connectivity index (χ0n) is 5.11. The molecule has 0 atom stereocenters. The van der Waals surface area contributed by atoms with Crippen molar-refractivity contribution in [2.75, 3.05) is 0 Å². The van der Waals surface area contributed by atoms with Gasteiger partial charge in [0.25, 0.3) is 0 Å². The quantitative estimate of drug-likeness (QED) is 0.487. The zero-order chi connectivity index (χ0) is 7.56. The average molecular weight is 170 g/mol. The Balaban J connectivity index is 3.27. The predicted molar refractivity (Wildman–Crippen MR) is 46.3 cm³/mol. The first-order valence-corrected chi connectivity index (χ1v) is 3.61. The van der Waals surface area contributed by atoms with Crippen molar-refractivity contribution in [3.05, 3.63) is 23.8 Å². The highest BCUT2D eigenvalue weighted by atomic mass is 32.1. The summed E-state index contributed by atoms with van der Waals surface area (Å²) in [4.78, 5) is 11.7. The number of carbonyl (C=O) groups excluding carboxylic acids is 1. The van der Waals surface area contributed by atoms with Crippen LogP contribution in [0, 0.1) is 0 Å². The van der Waals surface area contributed by atoms with Crippen LogP contribution in [-0.4, -0.2) is 6.29 Å². The van der Waals surface area contributed by atoms with Gasteiger partial charge in [0, 0.05) is 15.4 Å². The Morgan fingerprint density at radius 2 is 2.00 bits per heavy atom. The molecule has 1 aromatic carbocycles. The van der Waals surface area contributed by atoms with Gasteiger partial charge in [-0.2, -0.15) is 0 Å². The molecule has 0 aromatic heterocycles. The van der Waals surface area contributed by atoms with Gasteiger partial charge in [0.15, 0.2) is 6.29 Å². The maximum atomic E-state index is 10.3. The van der Waals surface area contributed by atoms with Crippen LogP contribution in [0.5, 0.6) is 0 Å². The number of hydrogen-bond acceptors (Lipinski definition) is 3. The summed E-state index contributed by atoms with van der Waals surface area (Å²) in [6.45, 7) is 0. The third-order valence-electron chi connectivity index (χ3n) is 1.17. The molecule has 1 rings (SSSR count). The molecule has 0 unspecified atom stereocenters. The van der Waals surface area contributed by atoms with Gasteiger partial charge < -0.3 is 0 Å². The average Bonchev–Trinajstić information content (AvgIpc) is 1.95. The predicted octanol–water partition coefficient (Wildman–Crippen LogP) is 2.08. The van der Waals surface area contributed by atoms with E-state index in [4.69, 9.17) is 0 Å². The summed E-state index contributed by atoms with van der Waals surface area (Å²) < 4.78 is 0. The second-order valence-corrected chi connectivity index (χ2v) is 2.76. The van der Waals surface area contributed by atoms with E-state index >= 15 is 0 Å². The van der Waals surface area contributed by atoms with Crippen LogP contribution in [0.3, 0.4) is 0 Å². The van der Waals surface area contributed by atoms with Gasteiger partial charge >= 0.3 is 0 Å². The molecule has 0 saturated carbocycles. The van der Waals surface area contributed by atoms with Crippen LogP contribution in [0.1, 0.15) is 10.4 Å². The summed E-state index contributed by atoms with van der Waals surface area (Å²) >= 11 is 8.17. The SMILES string of the molecule is O=Cc1cccc(S)c1S. The van der Waals surface area contributed by atoms with E-state index in [0.29, 0.717) is 10.5 Å². The van der Waals surface area contributed by atoms with Crippen LogP contribution in [0.4, 0.5) is 0 Å². The first-order chi connectivity index (χ1) is 4.75. The van der Waals surface area contributed by atoms with Crippen LogP contribution < -0.4 is 0 Å². The van der Waals surface area contributed by atoms with E-state index in [1.807, 2.05) is 0 Å². The van der Waals surface area contributed by atoms with Gasteiger partial charge in [0.1, 0.15) is 0 Å². The standard InChI is InChI=1S/C7H6OS2/c8-4-5-2-1-3-6(9)7(5)10/h1-4,9-10H. The van der Waals surface area contributed by atoms with Crippen molar-refractivity contribution in [1.82, 2.24) is 0 Å². The molecular formula is C7H6OS2. The Labute approximate surface area is 70.3 Å². The monoisotopic (exact) mass is 170 g/mol. The maximum absolute atomic E-state index is 10.3. The van der Waals surface area contributed by atoms with E-state index in [1.54, 1.807) is 18.2 Å². The van der Waals surface area contributed by atoms with Crippen LogP contribution in [0.15, 0.2) is 28.0 Å². The summed E-state index contributed by atoms with van der Waals surface area (Å²) in [5, 5.41) is 0. The highest BCUT2D eigenvalue weighted by Gasteiger charge is 1.98. The molecule has 0 N–H and O–H groups in total. The molecule has 0 saturated heterocycles. The van der Waals surface area contributed by atoms with Crippen molar-refractivity contribution in [3.63, 3.8) is 0 Å². The fraction of sp³-hybridized carbons (Fsp3) is 0. The van der Waals surface area contributed by atoms with Gasteiger partial charge in [-0.05, 0) is 6.07 Å². The van der Waals surface area contributed by atoms with Crippen molar-refractivity contribution in [1.29, 1.82) is 0 Å². The van der Waals surface area contributed by atoms with E-state index in [2.05, 4.69) is 25.3 Å². The molecule has 3 heteroatoms. The van der Waals surface area contributed by atoms with Crippen molar-refractivity contribution < 1.29 is 4.79 Å². The lowest BCUT2D eigenvalue weighted by Crippen LogP contribution is -1.82. The summed E-state index contributed by atoms with van der Waals surface area (Å²) in [5.41, 5.74) is 0.579. The largest absolute Gasteiger partial charge is 0.298 e. The summed E-state index contributed by atoms with van der Waals surface area (Å²) in [6.07, 6.45) is 0.766. The zero-order valence-corrected chi connectivity index (χ0v) is 6.90. The van der Waals surface area contributed by atoms with Gasteiger partial charge in [-0.15, -0.1) is 25.3 Å². The maximum Gasteiger partial charge on any atom is 0.151 e. The molecule has 1 aromatic rings. The number of aldehydes is 1. The normalized spacial score (nSPS) is 9.40. The van der Waals surface area contributed by atoms with E-state index < -0.39 is 0 Å². The molecule has 0 bridgehead atoms. The fourth-order valence-electron chi connectivity index (χ4n) is 0.644. The third-order valence-corrected chi connectivity index (χ3v) is 2.22. The molecule has 0 aliphatic carbocycles.